The van der Waals surface area contributed by atoms with Crippen LogP contribution in [0.2, 0.25) is 0 Å². The van der Waals surface area contributed by atoms with Crippen LogP contribution in [0.1, 0.15) is 43.0 Å². The van der Waals surface area contributed by atoms with Crippen LogP contribution in [-0.4, -0.2) is 46.9 Å². The summed E-state index contributed by atoms with van der Waals surface area (Å²) in [6.45, 7) is 1.94. The van der Waals surface area contributed by atoms with Crippen molar-refractivity contribution >= 4 is 23.7 Å². The minimum Gasteiger partial charge on any atom is -0.481 e. The lowest BCUT2D eigenvalue weighted by Crippen LogP contribution is -2.39. The highest BCUT2D eigenvalue weighted by molar-refractivity contribution is 5.85. The third-order valence-electron chi connectivity index (χ3n) is 3.69. The number of hydrogen-bond donors (Lipinski definition) is 5. The molecule has 0 spiro atoms. The number of pyridine rings is 1. The summed E-state index contributed by atoms with van der Waals surface area (Å²) >= 11 is 0. The van der Waals surface area contributed by atoms with Gasteiger partial charge in [0.25, 0.3) is 0 Å². The van der Waals surface area contributed by atoms with E-state index in [1.165, 1.54) is 0 Å². The number of aromatic nitrogens is 1. The maximum Gasteiger partial charge on any atom is 0.305 e. The fourth-order valence-corrected chi connectivity index (χ4v) is 2.40. The number of carboxylic acid groups (broad SMARTS) is 1. The predicted octanol–water partition coefficient (Wildman–Crippen LogP) is -0.418. The van der Waals surface area contributed by atoms with Crippen molar-refractivity contribution in [3.05, 3.63) is 29.6 Å². The summed E-state index contributed by atoms with van der Waals surface area (Å²) in [6, 6.07) is 2.67. The van der Waals surface area contributed by atoms with E-state index < -0.39 is 17.9 Å². The van der Waals surface area contributed by atoms with Gasteiger partial charge in [0.2, 0.25) is 11.8 Å². The lowest BCUT2D eigenvalue weighted by molar-refractivity contribution is -0.138. The molecule has 1 heterocycles. The first kappa shape index (κ1) is 21.9. The number of nitrogens with one attached hydrogen (secondary N) is 2. The molecule has 0 aliphatic rings. The molecular weight excluding hydrogens is 352 g/mol. The second-order valence-corrected chi connectivity index (χ2v) is 5.94. The first-order valence-electron chi connectivity index (χ1n) is 8.54. The largest absolute Gasteiger partial charge is 0.481 e. The average molecular weight is 378 g/mol. The summed E-state index contributed by atoms with van der Waals surface area (Å²) in [4.78, 5) is 42.9. The van der Waals surface area contributed by atoms with E-state index in [9.17, 15) is 14.4 Å². The summed E-state index contributed by atoms with van der Waals surface area (Å²) in [5.41, 5.74) is 11.7. The molecule has 10 heteroatoms. The van der Waals surface area contributed by atoms with Crippen LogP contribution < -0.4 is 22.1 Å². The minimum atomic E-state index is -1.05. The first-order valence-corrected chi connectivity index (χ1v) is 8.54. The maximum absolute atomic E-state index is 12.1. The van der Waals surface area contributed by atoms with E-state index in [0.717, 1.165) is 0 Å². The third-order valence-corrected chi connectivity index (χ3v) is 3.69. The summed E-state index contributed by atoms with van der Waals surface area (Å²) in [6.07, 6.45) is 2.79. The van der Waals surface area contributed by atoms with Gasteiger partial charge >= 0.3 is 5.97 Å². The minimum absolute atomic E-state index is 0.0101. The standard InChI is InChI=1S/C17H26N6O4/c1-11-12(5-4-8-20-11)13(9-16(26)27)23-15(25)10-22-14(24)6-2-3-7-21-17(18)19/h4-5,8,13H,2-3,6-7,9-10H2,1H3,(H,22,24)(H,23,25)(H,26,27)(H4,18,19,21). The van der Waals surface area contributed by atoms with Crippen molar-refractivity contribution in [2.45, 2.75) is 38.6 Å². The molecule has 0 fully saturated rings. The molecule has 2 amide bonds. The van der Waals surface area contributed by atoms with Gasteiger partial charge in [-0.3, -0.25) is 24.4 Å². The molecule has 1 aromatic rings. The Morgan fingerprint density at radius 1 is 1.26 bits per heavy atom. The SMILES string of the molecule is Cc1ncccc1C(CC(=O)O)NC(=O)CNC(=O)CCCCN=C(N)N. The molecule has 27 heavy (non-hydrogen) atoms. The van der Waals surface area contributed by atoms with Gasteiger partial charge in [-0.2, -0.15) is 0 Å². The lowest BCUT2D eigenvalue weighted by Gasteiger charge is -2.19. The summed E-state index contributed by atoms with van der Waals surface area (Å²) in [7, 11) is 0. The number of aliphatic imine (C=N–C) groups is 1. The number of rotatable bonds is 11. The topological polar surface area (TPSA) is 173 Å². The Morgan fingerprint density at radius 3 is 2.63 bits per heavy atom. The van der Waals surface area contributed by atoms with Gasteiger partial charge in [0.15, 0.2) is 5.96 Å². The van der Waals surface area contributed by atoms with Gasteiger partial charge in [-0.05, 0) is 31.4 Å². The number of carboxylic acids is 1. The molecule has 7 N–H and O–H groups in total. The summed E-state index contributed by atoms with van der Waals surface area (Å²) < 4.78 is 0. The number of unbranched alkanes of at least 4 members (excludes halogenated alkanes) is 1. The molecule has 10 nitrogen and oxygen atoms in total. The number of nitrogens with zero attached hydrogens (tertiary/aromatic N) is 2. The van der Waals surface area contributed by atoms with Gasteiger partial charge < -0.3 is 27.2 Å². The molecule has 1 unspecified atom stereocenters. The highest BCUT2D eigenvalue weighted by Crippen LogP contribution is 2.19. The van der Waals surface area contributed by atoms with Crippen molar-refractivity contribution in [1.82, 2.24) is 15.6 Å². The van der Waals surface area contributed by atoms with E-state index >= 15 is 0 Å². The van der Waals surface area contributed by atoms with Crippen molar-refractivity contribution in [3.63, 3.8) is 0 Å². The summed E-state index contributed by atoms with van der Waals surface area (Å²) in [5, 5.41) is 14.2. The zero-order valence-electron chi connectivity index (χ0n) is 15.3. The van der Waals surface area contributed by atoms with E-state index in [4.69, 9.17) is 16.6 Å². The van der Waals surface area contributed by atoms with Crippen molar-refractivity contribution in [2.75, 3.05) is 13.1 Å². The van der Waals surface area contributed by atoms with Gasteiger partial charge in [-0.15, -0.1) is 0 Å². The Bertz CT molecular complexity index is 688. The van der Waals surface area contributed by atoms with Crippen LogP contribution in [0.5, 0.6) is 0 Å². The number of carbonyl (C=O) groups is 3. The molecule has 0 aliphatic heterocycles. The van der Waals surface area contributed by atoms with Crippen molar-refractivity contribution in [1.29, 1.82) is 0 Å². The second-order valence-electron chi connectivity index (χ2n) is 5.94. The molecule has 148 valence electrons. The van der Waals surface area contributed by atoms with Crippen LogP contribution in [0.15, 0.2) is 23.3 Å². The molecule has 0 saturated heterocycles. The first-order chi connectivity index (χ1) is 12.8. The smallest absolute Gasteiger partial charge is 0.305 e. The lowest BCUT2D eigenvalue weighted by atomic mass is 10.0. The molecule has 0 aromatic carbocycles. The third kappa shape index (κ3) is 9.19. The number of guanidine groups is 1. The zero-order valence-corrected chi connectivity index (χ0v) is 15.3. The van der Waals surface area contributed by atoms with Gasteiger partial charge in [0, 0.05) is 24.9 Å². The Labute approximate surface area is 157 Å². The Balaban J connectivity index is 2.46. The van der Waals surface area contributed by atoms with Crippen LogP contribution in [0, 0.1) is 6.92 Å². The summed E-state index contributed by atoms with van der Waals surface area (Å²) in [5.74, 6) is -1.79. The monoisotopic (exact) mass is 378 g/mol. The number of aryl methyl sites for hydroxylation is 1. The molecule has 0 aliphatic carbocycles. The number of nitrogens with two attached hydrogens (primary N) is 2. The molecular formula is C17H26N6O4. The van der Waals surface area contributed by atoms with Crippen molar-refractivity contribution < 1.29 is 19.5 Å². The van der Waals surface area contributed by atoms with Crippen LogP contribution in [0.4, 0.5) is 0 Å². The van der Waals surface area contributed by atoms with Crippen LogP contribution in [-0.2, 0) is 14.4 Å². The quantitative estimate of drug-likeness (QED) is 0.197. The fraction of sp³-hybridized carbons (Fsp3) is 0.471. The number of carbonyl (C=O) groups excluding carboxylic acids is 2. The maximum atomic E-state index is 12.1. The van der Waals surface area contributed by atoms with E-state index in [1.54, 1.807) is 25.3 Å². The van der Waals surface area contributed by atoms with E-state index in [-0.39, 0.29) is 31.3 Å². The Hall–Kier alpha value is -3.17. The molecule has 1 rings (SSSR count). The van der Waals surface area contributed by atoms with Gasteiger partial charge in [0.05, 0.1) is 19.0 Å². The number of amides is 2. The Kier molecular flexibility index (Phi) is 9.27. The highest BCUT2D eigenvalue weighted by Gasteiger charge is 2.20. The highest BCUT2D eigenvalue weighted by atomic mass is 16.4. The van der Waals surface area contributed by atoms with E-state index in [2.05, 4.69) is 20.6 Å². The zero-order chi connectivity index (χ0) is 20.2. The van der Waals surface area contributed by atoms with Crippen LogP contribution in [0.3, 0.4) is 0 Å². The van der Waals surface area contributed by atoms with E-state index in [0.29, 0.717) is 30.6 Å². The predicted molar refractivity (Wildman–Crippen MR) is 99.6 cm³/mol. The second kappa shape index (κ2) is 11.4. The number of aliphatic carboxylic acids is 1. The van der Waals surface area contributed by atoms with E-state index in [1.807, 2.05) is 0 Å². The molecule has 1 atom stereocenters. The van der Waals surface area contributed by atoms with Gasteiger partial charge in [-0.25, -0.2) is 0 Å². The van der Waals surface area contributed by atoms with Crippen molar-refractivity contribution in [3.8, 4) is 0 Å². The number of hydrogen-bond acceptors (Lipinski definition) is 5. The van der Waals surface area contributed by atoms with Crippen LogP contribution >= 0.6 is 0 Å². The molecule has 0 radical (unpaired) electrons. The van der Waals surface area contributed by atoms with Crippen molar-refractivity contribution in [2.24, 2.45) is 16.5 Å². The Morgan fingerprint density at radius 2 is 2.00 bits per heavy atom. The van der Waals surface area contributed by atoms with Crippen LogP contribution in [0.25, 0.3) is 0 Å². The normalized spacial score (nSPS) is 11.3. The van der Waals surface area contributed by atoms with Gasteiger partial charge in [-0.1, -0.05) is 6.07 Å². The fourth-order valence-electron chi connectivity index (χ4n) is 2.40. The average Bonchev–Trinajstić information content (AvgIpc) is 2.59. The van der Waals surface area contributed by atoms with Gasteiger partial charge in [0.1, 0.15) is 0 Å². The molecule has 0 bridgehead atoms. The molecule has 0 saturated carbocycles. The molecule has 1 aromatic heterocycles.